The number of sulfonamides is 1. The maximum atomic E-state index is 12.3. The molecule has 0 fully saturated rings. The number of nitrogens with one attached hydrogen (secondary N) is 1. The summed E-state index contributed by atoms with van der Waals surface area (Å²) >= 11 is 0. The lowest BCUT2D eigenvalue weighted by Gasteiger charge is -2.11. The summed E-state index contributed by atoms with van der Waals surface area (Å²) in [5, 5.41) is 10.7. The van der Waals surface area contributed by atoms with Crippen molar-refractivity contribution in [3.8, 4) is 0 Å². The highest BCUT2D eigenvalue weighted by Gasteiger charge is 2.14. The molecule has 22 heavy (non-hydrogen) atoms. The van der Waals surface area contributed by atoms with Crippen molar-refractivity contribution in [1.82, 2.24) is 0 Å². The normalized spacial score (nSPS) is 11.4. The molecule has 0 aromatic heterocycles. The van der Waals surface area contributed by atoms with Gasteiger partial charge in [-0.05, 0) is 41.3 Å². The molecule has 0 heterocycles. The molecule has 2 rings (SSSR count). The average Bonchev–Trinajstić information content (AvgIpc) is 2.47. The SMILES string of the molecule is CC(C)c1cccc(NS(=O)(=O)c2ccc(C(=O)[O-])cc2)c1. The molecule has 6 heteroatoms. The van der Waals surface area contributed by atoms with E-state index in [1.807, 2.05) is 19.9 Å². The molecule has 0 saturated heterocycles. The van der Waals surface area contributed by atoms with Crippen LogP contribution in [0.4, 0.5) is 5.69 Å². The molecule has 5 nitrogen and oxygen atoms in total. The summed E-state index contributed by atoms with van der Waals surface area (Å²) in [6.45, 7) is 4.04. The van der Waals surface area contributed by atoms with Crippen LogP contribution in [0.15, 0.2) is 53.4 Å². The fraction of sp³-hybridized carbons (Fsp3) is 0.188. The summed E-state index contributed by atoms with van der Waals surface area (Å²) in [5.41, 5.74) is 1.42. The highest BCUT2D eigenvalue weighted by atomic mass is 32.2. The molecule has 0 unspecified atom stereocenters. The Morgan fingerprint density at radius 3 is 2.27 bits per heavy atom. The third-order valence-corrected chi connectivity index (χ3v) is 4.60. The summed E-state index contributed by atoms with van der Waals surface area (Å²) in [6.07, 6.45) is 0. The van der Waals surface area contributed by atoms with Crippen molar-refractivity contribution in [2.24, 2.45) is 0 Å². The van der Waals surface area contributed by atoms with Gasteiger partial charge >= 0.3 is 0 Å². The van der Waals surface area contributed by atoms with E-state index in [-0.39, 0.29) is 16.4 Å². The van der Waals surface area contributed by atoms with Crippen molar-refractivity contribution in [3.63, 3.8) is 0 Å². The Balaban J connectivity index is 2.27. The molecule has 0 amide bonds. The lowest BCUT2D eigenvalue weighted by Crippen LogP contribution is -2.22. The van der Waals surface area contributed by atoms with Crippen LogP contribution in [0.1, 0.15) is 35.7 Å². The third-order valence-electron chi connectivity index (χ3n) is 3.21. The van der Waals surface area contributed by atoms with Crippen molar-refractivity contribution < 1.29 is 18.3 Å². The predicted molar refractivity (Wildman–Crippen MR) is 82.1 cm³/mol. The van der Waals surface area contributed by atoms with E-state index < -0.39 is 16.0 Å². The first-order valence-corrected chi connectivity index (χ1v) is 8.22. The Bertz CT molecular complexity index is 780. The van der Waals surface area contributed by atoms with Gasteiger partial charge in [0, 0.05) is 5.69 Å². The van der Waals surface area contributed by atoms with Crippen LogP contribution in [0, 0.1) is 0 Å². The van der Waals surface area contributed by atoms with Gasteiger partial charge in [-0.3, -0.25) is 4.72 Å². The quantitative estimate of drug-likeness (QED) is 0.913. The first-order valence-electron chi connectivity index (χ1n) is 6.74. The van der Waals surface area contributed by atoms with Gasteiger partial charge < -0.3 is 9.90 Å². The van der Waals surface area contributed by atoms with Crippen LogP contribution in [0.5, 0.6) is 0 Å². The van der Waals surface area contributed by atoms with Crippen LogP contribution < -0.4 is 9.83 Å². The van der Waals surface area contributed by atoms with E-state index in [2.05, 4.69) is 4.72 Å². The van der Waals surface area contributed by atoms with Crippen LogP contribution >= 0.6 is 0 Å². The molecule has 0 spiro atoms. The minimum Gasteiger partial charge on any atom is -0.545 e. The number of aromatic carboxylic acids is 1. The zero-order valence-corrected chi connectivity index (χ0v) is 13.1. The molecular formula is C16H16NO4S-. The summed E-state index contributed by atoms with van der Waals surface area (Å²) in [5.74, 6) is -1.06. The predicted octanol–water partition coefficient (Wildman–Crippen LogP) is 1.97. The Morgan fingerprint density at radius 1 is 1.09 bits per heavy atom. The molecule has 116 valence electrons. The van der Waals surface area contributed by atoms with Crippen molar-refractivity contribution in [2.45, 2.75) is 24.7 Å². The number of hydrogen-bond acceptors (Lipinski definition) is 4. The van der Waals surface area contributed by atoms with Gasteiger partial charge in [-0.15, -0.1) is 0 Å². The Morgan fingerprint density at radius 2 is 1.73 bits per heavy atom. The summed E-state index contributed by atoms with van der Waals surface area (Å²) in [6, 6.07) is 12.0. The molecule has 0 atom stereocenters. The third kappa shape index (κ3) is 3.65. The Hall–Kier alpha value is -2.34. The van der Waals surface area contributed by atoms with Crippen LogP contribution in [0.3, 0.4) is 0 Å². The van der Waals surface area contributed by atoms with Gasteiger partial charge in [0.25, 0.3) is 10.0 Å². The van der Waals surface area contributed by atoms with E-state index in [9.17, 15) is 18.3 Å². The number of anilines is 1. The number of carboxylic acid groups (broad SMARTS) is 1. The van der Waals surface area contributed by atoms with Gasteiger partial charge in [0.1, 0.15) is 0 Å². The van der Waals surface area contributed by atoms with Crippen molar-refractivity contribution in [3.05, 3.63) is 59.7 Å². The number of carbonyl (C=O) groups is 1. The van der Waals surface area contributed by atoms with Gasteiger partial charge in [0.05, 0.1) is 10.9 Å². The minimum absolute atomic E-state index is 0.00699. The molecule has 0 aliphatic carbocycles. The second-order valence-electron chi connectivity index (χ2n) is 5.20. The number of benzene rings is 2. The number of carbonyl (C=O) groups excluding carboxylic acids is 1. The highest BCUT2D eigenvalue weighted by molar-refractivity contribution is 7.92. The molecule has 0 saturated carbocycles. The maximum absolute atomic E-state index is 12.3. The molecule has 0 aliphatic rings. The fourth-order valence-electron chi connectivity index (χ4n) is 1.95. The number of rotatable bonds is 5. The van der Waals surface area contributed by atoms with Crippen LogP contribution in [-0.2, 0) is 10.0 Å². The molecule has 1 N–H and O–H groups in total. The second kappa shape index (κ2) is 6.19. The van der Waals surface area contributed by atoms with Gasteiger partial charge in [0.15, 0.2) is 0 Å². The van der Waals surface area contributed by atoms with Crippen molar-refractivity contribution >= 4 is 21.7 Å². The van der Waals surface area contributed by atoms with Gasteiger partial charge in [-0.25, -0.2) is 8.42 Å². The molecule has 0 radical (unpaired) electrons. The summed E-state index contributed by atoms with van der Waals surface area (Å²) in [4.78, 5) is 10.7. The van der Waals surface area contributed by atoms with E-state index in [0.29, 0.717) is 5.69 Å². The van der Waals surface area contributed by atoms with Crippen molar-refractivity contribution in [2.75, 3.05) is 4.72 Å². The van der Waals surface area contributed by atoms with E-state index in [4.69, 9.17) is 0 Å². The van der Waals surface area contributed by atoms with Crippen molar-refractivity contribution in [1.29, 1.82) is 0 Å². The average molecular weight is 318 g/mol. The Labute approximate surface area is 129 Å². The maximum Gasteiger partial charge on any atom is 0.261 e. The first-order chi connectivity index (χ1) is 10.3. The zero-order chi connectivity index (χ0) is 16.3. The molecule has 0 aliphatic heterocycles. The first kappa shape index (κ1) is 16.0. The topological polar surface area (TPSA) is 86.3 Å². The van der Waals surface area contributed by atoms with E-state index in [0.717, 1.165) is 5.56 Å². The summed E-state index contributed by atoms with van der Waals surface area (Å²) in [7, 11) is -3.76. The van der Waals surface area contributed by atoms with Gasteiger partial charge in [-0.2, -0.15) is 0 Å². The monoisotopic (exact) mass is 318 g/mol. The van der Waals surface area contributed by atoms with E-state index in [1.54, 1.807) is 18.2 Å². The van der Waals surface area contributed by atoms with Gasteiger partial charge in [0.2, 0.25) is 0 Å². The largest absolute Gasteiger partial charge is 0.545 e. The van der Waals surface area contributed by atoms with Gasteiger partial charge in [-0.1, -0.05) is 38.1 Å². The van der Waals surface area contributed by atoms with Crippen LogP contribution in [-0.4, -0.2) is 14.4 Å². The highest BCUT2D eigenvalue weighted by Crippen LogP contribution is 2.21. The van der Waals surface area contributed by atoms with E-state index in [1.165, 1.54) is 24.3 Å². The Kier molecular flexibility index (Phi) is 4.51. The van der Waals surface area contributed by atoms with Crippen LogP contribution in [0.25, 0.3) is 0 Å². The molecular weight excluding hydrogens is 302 g/mol. The number of carboxylic acids is 1. The van der Waals surface area contributed by atoms with E-state index >= 15 is 0 Å². The molecule has 2 aromatic rings. The smallest absolute Gasteiger partial charge is 0.261 e. The standard InChI is InChI=1S/C16H17NO4S/c1-11(2)13-4-3-5-14(10-13)17-22(20,21)15-8-6-12(7-9-15)16(18)19/h3-11,17H,1-2H3,(H,18,19)/p-1. The molecule has 2 aromatic carbocycles. The number of hydrogen-bond donors (Lipinski definition) is 1. The lowest BCUT2D eigenvalue weighted by atomic mass is 10.0. The minimum atomic E-state index is -3.76. The summed E-state index contributed by atoms with van der Waals surface area (Å²) < 4.78 is 27.1. The second-order valence-corrected chi connectivity index (χ2v) is 6.88. The van der Waals surface area contributed by atoms with Crippen LogP contribution in [0.2, 0.25) is 0 Å². The molecule has 0 bridgehead atoms. The lowest BCUT2D eigenvalue weighted by molar-refractivity contribution is -0.255. The zero-order valence-electron chi connectivity index (χ0n) is 12.2. The fourth-order valence-corrected chi connectivity index (χ4v) is 3.00.